The summed E-state index contributed by atoms with van der Waals surface area (Å²) in [4.78, 5) is 27.5. The van der Waals surface area contributed by atoms with Crippen LogP contribution in [0.4, 0.5) is 5.82 Å². The quantitative estimate of drug-likeness (QED) is 0.136. The molecule has 4 aromatic rings. The van der Waals surface area contributed by atoms with Gasteiger partial charge in [-0.05, 0) is 64.9 Å². The molecule has 1 aromatic heterocycles. The third kappa shape index (κ3) is 10.1. The van der Waals surface area contributed by atoms with Crippen LogP contribution in [0.2, 0.25) is 0 Å². The fraction of sp³-hybridized carbons (Fsp3) is 0.395. The summed E-state index contributed by atoms with van der Waals surface area (Å²) in [6.45, 7) is 0.577. The van der Waals surface area contributed by atoms with Crippen LogP contribution in [0.1, 0.15) is 73.0 Å². The van der Waals surface area contributed by atoms with Crippen molar-refractivity contribution in [2.45, 2.75) is 100 Å². The van der Waals surface area contributed by atoms with Crippen molar-refractivity contribution in [1.82, 2.24) is 20.4 Å². The summed E-state index contributed by atoms with van der Waals surface area (Å²) in [6, 6.07) is 27.1. The number of benzene rings is 3. The van der Waals surface area contributed by atoms with E-state index >= 15 is 0 Å². The van der Waals surface area contributed by atoms with Crippen LogP contribution in [0.25, 0.3) is 0 Å². The molecule has 270 valence electrons. The molecule has 0 bridgehead atoms. The molecule has 6 rings (SSSR count). The van der Waals surface area contributed by atoms with Crippen LogP contribution < -0.4 is 15.4 Å². The van der Waals surface area contributed by atoms with E-state index in [2.05, 4.69) is 36.4 Å². The Bertz CT molecular complexity index is 1870. The molecule has 0 saturated heterocycles. The Labute approximate surface area is 307 Å². The second-order valence-electron chi connectivity index (χ2n) is 13.1. The third-order valence-electron chi connectivity index (χ3n) is 9.35. The first kappa shape index (κ1) is 36.7. The molecule has 2 saturated carbocycles. The van der Waals surface area contributed by atoms with Crippen LogP contribution in [0.3, 0.4) is 0 Å². The number of sulfonamides is 1. The fourth-order valence-electron chi connectivity index (χ4n) is 6.73. The van der Waals surface area contributed by atoms with Crippen molar-refractivity contribution in [2.75, 3.05) is 4.72 Å². The second-order valence-corrected chi connectivity index (χ2v) is 15.6. The van der Waals surface area contributed by atoms with Crippen molar-refractivity contribution < 1.29 is 27.5 Å². The highest BCUT2D eigenvalue weighted by Crippen LogP contribution is 2.26. The molecular weight excluding hydrogens is 734 g/mol. The summed E-state index contributed by atoms with van der Waals surface area (Å²) >= 11 is 3.30. The van der Waals surface area contributed by atoms with E-state index < -0.39 is 15.9 Å². The predicted octanol–water partition coefficient (Wildman–Crippen LogP) is 6.35. The molecule has 2 aliphatic rings. The van der Waals surface area contributed by atoms with Gasteiger partial charge in [-0.15, -0.1) is 0 Å². The van der Waals surface area contributed by atoms with E-state index in [0.717, 1.165) is 62.5 Å². The number of nitrogens with one attached hydrogen (secondary N) is 3. The van der Waals surface area contributed by atoms with Gasteiger partial charge in [-0.25, -0.2) is 13.1 Å². The first-order chi connectivity index (χ1) is 24.7. The molecule has 0 radical (unpaired) electrons. The standard InChI is InChI=1S/C38H44BrN5O6S/c39-29-17-7-12-22-35(29)51(47,48)43-36-23-32(38(46)41-31-19-9-11-21-34(31)50-26-28-15-5-2-6-16-28)44(42-36)24-37(45)40-30-18-8-10-20-33(30)49-25-27-13-3-1-4-14-27/h1-7,12-17,22-23,30-31,33-34H,8-11,18-21,24-26H2,(H,40,45)(H,41,46)(H,42,43)/t30-,31-,33-,34-/m0/s1. The Morgan fingerprint density at radius 2 is 1.27 bits per heavy atom. The molecule has 51 heavy (non-hydrogen) atoms. The summed E-state index contributed by atoms with van der Waals surface area (Å²) in [6.07, 6.45) is 6.65. The average molecular weight is 779 g/mol. The third-order valence-corrected chi connectivity index (χ3v) is 11.7. The van der Waals surface area contributed by atoms with Gasteiger partial charge in [0.2, 0.25) is 5.91 Å². The fourth-order valence-corrected chi connectivity index (χ4v) is 8.73. The van der Waals surface area contributed by atoms with E-state index in [0.29, 0.717) is 17.7 Å². The van der Waals surface area contributed by atoms with Crippen molar-refractivity contribution in [3.8, 4) is 0 Å². The number of rotatable bonds is 14. The minimum atomic E-state index is -4.07. The molecule has 0 aliphatic heterocycles. The largest absolute Gasteiger partial charge is 0.371 e. The van der Waals surface area contributed by atoms with Crippen LogP contribution in [0.15, 0.2) is 100 Å². The second kappa shape index (κ2) is 17.5. The molecule has 0 unspecified atom stereocenters. The molecule has 2 amide bonds. The number of carbonyl (C=O) groups excluding carboxylic acids is 2. The van der Waals surface area contributed by atoms with Crippen LogP contribution in [0.5, 0.6) is 0 Å². The van der Waals surface area contributed by atoms with E-state index in [1.165, 1.54) is 16.8 Å². The molecule has 1 heterocycles. The normalized spacial score (nSPS) is 20.7. The number of halogens is 1. The zero-order valence-electron chi connectivity index (χ0n) is 28.4. The van der Waals surface area contributed by atoms with Gasteiger partial charge in [0.05, 0.1) is 37.5 Å². The number of nitrogens with zero attached hydrogens (tertiary/aromatic N) is 2. The topological polar surface area (TPSA) is 141 Å². The Balaban J connectivity index is 1.18. The van der Waals surface area contributed by atoms with Crippen molar-refractivity contribution in [1.29, 1.82) is 0 Å². The highest BCUT2D eigenvalue weighted by molar-refractivity contribution is 9.10. The highest BCUT2D eigenvalue weighted by atomic mass is 79.9. The van der Waals surface area contributed by atoms with E-state index in [1.54, 1.807) is 18.2 Å². The van der Waals surface area contributed by atoms with Crippen molar-refractivity contribution in [2.24, 2.45) is 0 Å². The number of hydrogen-bond donors (Lipinski definition) is 3. The van der Waals surface area contributed by atoms with Crippen molar-refractivity contribution in [3.63, 3.8) is 0 Å². The minimum absolute atomic E-state index is 0.0164. The average Bonchev–Trinajstić information content (AvgIpc) is 3.52. The van der Waals surface area contributed by atoms with E-state index in [1.807, 2.05) is 60.7 Å². The first-order valence-electron chi connectivity index (χ1n) is 17.5. The highest BCUT2D eigenvalue weighted by Gasteiger charge is 2.31. The van der Waals surface area contributed by atoms with Crippen LogP contribution in [-0.4, -0.2) is 54.3 Å². The molecule has 3 N–H and O–H groups in total. The summed E-state index contributed by atoms with van der Waals surface area (Å²) in [7, 11) is -4.07. The first-order valence-corrected chi connectivity index (χ1v) is 19.8. The van der Waals surface area contributed by atoms with Crippen molar-refractivity contribution >= 4 is 43.6 Å². The number of hydrogen-bond acceptors (Lipinski definition) is 7. The van der Waals surface area contributed by atoms with Crippen LogP contribution >= 0.6 is 15.9 Å². The number of anilines is 1. The van der Waals surface area contributed by atoms with E-state index in [-0.39, 0.29) is 53.2 Å². The Hall–Kier alpha value is -4.04. The lowest BCUT2D eigenvalue weighted by molar-refractivity contribution is -0.124. The van der Waals surface area contributed by atoms with Gasteiger partial charge >= 0.3 is 0 Å². The van der Waals surface area contributed by atoms with Gasteiger partial charge in [-0.2, -0.15) is 5.10 Å². The SMILES string of the molecule is O=C(Cn1nc(NS(=O)(=O)c2ccccc2Br)cc1C(=O)N[C@H]1CCCC[C@@H]1OCc1ccccc1)N[C@H]1CCCC[C@@H]1OCc1ccccc1. The Morgan fingerprint density at radius 3 is 1.86 bits per heavy atom. The molecular formula is C38H44BrN5O6S. The molecule has 2 aliphatic carbocycles. The van der Waals surface area contributed by atoms with Gasteiger partial charge in [-0.1, -0.05) is 98.5 Å². The summed E-state index contributed by atoms with van der Waals surface area (Å²) in [5.74, 6) is -0.899. The predicted molar refractivity (Wildman–Crippen MR) is 197 cm³/mol. The summed E-state index contributed by atoms with van der Waals surface area (Å²) in [5, 5.41) is 10.6. The van der Waals surface area contributed by atoms with E-state index in [4.69, 9.17) is 9.47 Å². The molecule has 0 spiro atoms. The van der Waals surface area contributed by atoms with Crippen LogP contribution in [-0.2, 0) is 44.1 Å². The molecule has 2 fully saturated rings. The summed E-state index contributed by atoms with van der Waals surface area (Å²) in [5.41, 5.74) is 2.16. The lowest BCUT2D eigenvalue weighted by Crippen LogP contribution is -2.48. The zero-order chi connectivity index (χ0) is 35.6. The number of ether oxygens (including phenoxy) is 2. The maximum atomic E-state index is 13.9. The monoisotopic (exact) mass is 777 g/mol. The van der Waals surface area contributed by atoms with Gasteiger partial charge < -0.3 is 20.1 Å². The van der Waals surface area contributed by atoms with Gasteiger partial charge in [0, 0.05) is 10.5 Å². The number of amides is 2. The number of carbonyl (C=O) groups is 2. The Kier molecular flexibility index (Phi) is 12.6. The lowest BCUT2D eigenvalue weighted by Gasteiger charge is -2.32. The molecule has 11 nitrogen and oxygen atoms in total. The van der Waals surface area contributed by atoms with Gasteiger partial charge in [0.15, 0.2) is 5.82 Å². The van der Waals surface area contributed by atoms with Crippen molar-refractivity contribution in [3.05, 3.63) is 112 Å². The maximum absolute atomic E-state index is 13.9. The van der Waals surface area contributed by atoms with Gasteiger partial charge in [0.25, 0.3) is 15.9 Å². The smallest absolute Gasteiger partial charge is 0.269 e. The zero-order valence-corrected chi connectivity index (χ0v) is 30.8. The van der Waals surface area contributed by atoms with Crippen LogP contribution in [0, 0.1) is 0 Å². The Morgan fingerprint density at radius 1 is 0.745 bits per heavy atom. The van der Waals surface area contributed by atoms with Gasteiger partial charge in [-0.3, -0.25) is 14.3 Å². The van der Waals surface area contributed by atoms with Gasteiger partial charge in [0.1, 0.15) is 17.1 Å². The lowest BCUT2D eigenvalue weighted by atomic mass is 9.92. The number of aromatic nitrogens is 2. The molecule has 13 heteroatoms. The van der Waals surface area contributed by atoms with E-state index in [9.17, 15) is 18.0 Å². The maximum Gasteiger partial charge on any atom is 0.269 e. The summed E-state index contributed by atoms with van der Waals surface area (Å²) < 4.78 is 43.4. The molecule has 3 aromatic carbocycles. The minimum Gasteiger partial charge on any atom is -0.371 e. The molecule has 4 atom stereocenters.